The highest BCUT2D eigenvalue weighted by Crippen LogP contribution is 2.35. The fourth-order valence-corrected chi connectivity index (χ4v) is 2.87. The highest BCUT2D eigenvalue weighted by atomic mass is 16.1. The van der Waals surface area contributed by atoms with Gasteiger partial charge in [-0.1, -0.05) is 0 Å². The van der Waals surface area contributed by atoms with E-state index in [0.29, 0.717) is 12.1 Å². The minimum absolute atomic E-state index is 0.262. The molecular formula is C11H18N2O. The van der Waals surface area contributed by atoms with E-state index in [9.17, 15) is 4.79 Å². The van der Waals surface area contributed by atoms with E-state index < -0.39 is 0 Å². The van der Waals surface area contributed by atoms with Gasteiger partial charge in [0.1, 0.15) is 0 Å². The monoisotopic (exact) mass is 194 g/mol. The van der Waals surface area contributed by atoms with Gasteiger partial charge in [-0.3, -0.25) is 9.69 Å². The smallest absolute Gasteiger partial charge is 0.221 e. The minimum Gasteiger partial charge on any atom is -0.354 e. The molecule has 2 atom stereocenters. The van der Waals surface area contributed by atoms with E-state index in [2.05, 4.69) is 10.2 Å². The molecule has 0 spiro atoms. The van der Waals surface area contributed by atoms with E-state index >= 15 is 0 Å². The van der Waals surface area contributed by atoms with Crippen molar-refractivity contribution in [2.75, 3.05) is 13.1 Å². The molecule has 14 heavy (non-hydrogen) atoms. The van der Waals surface area contributed by atoms with Crippen LogP contribution in [0.15, 0.2) is 0 Å². The number of amides is 1. The van der Waals surface area contributed by atoms with E-state index in [1.165, 1.54) is 32.2 Å². The van der Waals surface area contributed by atoms with E-state index in [1.807, 2.05) is 0 Å². The maximum atomic E-state index is 11.4. The number of hydrogen-bond donors (Lipinski definition) is 1. The van der Waals surface area contributed by atoms with Crippen LogP contribution < -0.4 is 5.32 Å². The first-order chi connectivity index (χ1) is 6.83. The molecule has 0 aromatic rings. The SMILES string of the molecule is O=C1C[C@H]2CC[C@H](CN1)N2CC1CC1. The molecular weight excluding hydrogens is 176 g/mol. The molecule has 0 aromatic heterocycles. The Morgan fingerprint density at radius 1 is 1.21 bits per heavy atom. The van der Waals surface area contributed by atoms with Crippen LogP contribution in [0.2, 0.25) is 0 Å². The molecule has 3 fully saturated rings. The zero-order valence-electron chi connectivity index (χ0n) is 8.54. The summed E-state index contributed by atoms with van der Waals surface area (Å²) in [4.78, 5) is 14.0. The summed E-state index contributed by atoms with van der Waals surface area (Å²) in [5.41, 5.74) is 0. The molecule has 0 unspecified atom stereocenters. The van der Waals surface area contributed by atoms with Crippen LogP contribution in [0.4, 0.5) is 0 Å². The summed E-state index contributed by atoms with van der Waals surface area (Å²) in [5, 5.41) is 3.02. The second-order valence-corrected chi connectivity index (χ2v) is 5.03. The van der Waals surface area contributed by atoms with Gasteiger partial charge in [-0.05, 0) is 31.6 Å². The lowest BCUT2D eigenvalue weighted by atomic mass is 10.1. The number of carbonyl (C=O) groups excluding carboxylic acids is 1. The third-order valence-electron chi connectivity index (χ3n) is 3.89. The maximum Gasteiger partial charge on any atom is 0.221 e. The van der Waals surface area contributed by atoms with Crippen molar-refractivity contribution in [3.63, 3.8) is 0 Å². The van der Waals surface area contributed by atoms with Crippen molar-refractivity contribution in [3.8, 4) is 0 Å². The lowest BCUT2D eigenvalue weighted by molar-refractivity contribution is -0.121. The number of fused-ring (bicyclic) bond motifs is 2. The molecule has 78 valence electrons. The Kier molecular flexibility index (Phi) is 2.01. The van der Waals surface area contributed by atoms with Gasteiger partial charge >= 0.3 is 0 Å². The molecule has 0 radical (unpaired) electrons. The van der Waals surface area contributed by atoms with Crippen molar-refractivity contribution < 1.29 is 4.79 Å². The molecule has 1 amide bonds. The minimum atomic E-state index is 0.262. The van der Waals surface area contributed by atoms with Crippen LogP contribution in [0.1, 0.15) is 32.1 Å². The first-order valence-corrected chi connectivity index (χ1v) is 5.85. The third kappa shape index (κ3) is 1.54. The molecule has 3 nitrogen and oxygen atoms in total. The number of nitrogens with zero attached hydrogens (tertiary/aromatic N) is 1. The van der Waals surface area contributed by atoms with Crippen LogP contribution in [-0.4, -0.2) is 36.0 Å². The van der Waals surface area contributed by atoms with Gasteiger partial charge in [-0.25, -0.2) is 0 Å². The van der Waals surface area contributed by atoms with Crippen LogP contribution in [0.5, 0.6) is 0 Å². The Bertz CT molecular complexity index is 250. The number of carbonyl (C=O) groups is 1. The second kappa shape index (κ2) is 3.23. The van der Waals surface area contributed by atoms with Crippen LogP contribution >= 0.6 is 0 Å². The zero-order chi connectivity index (χ0) is 9.54. The highest BCUT2D eigenvalue weighted by Gasteiger charge is 2.39. The Hall–Kier alpha value is -0.570. The van der Waals surface area contributed by atoms with Crippen LogP contribution in [0, 0.1) is 5.92 Å². The third-order valence-corrected chi connectivity index (χ3v) is 3.89. The van der Waals surface area contributed by atoms with Gasteiger partial charge in [0.15, 0.2) is 0 Å². The Morgan fingerprint density at radius 3 is 2.79 bits per heavy atom. The summed E-state index contributed by atoms with van der Waals surface area (Å²) in [6.07, 6.45) is 6.10. The zero-order valence-corrected chi connectivity index (χ0v) is 8.54. The van der Waals surface area contributed by atoms with Crippen molar-refractivity contribution in [1.29, 1.82) is 0 Å². The number of nitrogens with one attached hydrogen (secondary N) is 1. The maximum absolute atomic E-state index is 11.4. The van der Waals surface area contributed by atoms with Crippen molar-refractivity contribution in [3.05, 3.63) is 0 Å². The Labute approximate surface area is 84.8 Å². The normalized spacial score (nSPS) is 38.1. The largest absolute Gasteiger partial charge is 0.354 e. The Morgan fingerprint density at radius 2 is 2.00 bits per heavy atom. The predicted molar refractivity (Wildman–Crippen MR) is 53.9 cm³/mol. The molecule has 1 N–H and O–H groups in total. The number of hydrogen-bond acceptors (Lipinski definition) is 2. The average Bonchev–Trinajstić information content (AvgIpc) is 2.88. The molecule has 3 heteroatoms. The van der Waals surface area contributed by atoms with Gasteiger partial charge in [0, 0.05) is 31.6 Å². The van der Waals surface area contributed by atoms with Gasteiger partial charge in [-0.15, -0.1) is 0 Å². The summed E-state index contributed by atoms with van der Waals surface area (Å²) in [6.45, 7) is 2.15. The topological polar surface area (TPSA) is 32.3 Å². The highest BCUT2D eigenvalue weighted by molar-refractivity contribution is 5.77. The first-order valence-electron chi connectivity index (χ1n) is 5.85. The number of rotatable bonds is 2. The van der Waals surface area contributed by atoms with Crippen molar-refractivity contribution in [2.45, 2.75) is 44.2 Å². The molecule has 2 heterocycles. The van der Waals surface area contributed by atoms with E-state index in [4.69, 9.17) is 0 Å². The van der Waals surface area contributed by atoms with Gasteiger partial charge < -0.3 is 5.32 Å². The molecule has 1 aliphatic carbocycles. The Balaban J connectivity index is 1.71. The van der Waals surface area contributed by atoms with Gasteiger partial charge in [0.25, 0.3) is 0 Å². The lowest BCUT2D eigenvalue weighted by Crippen LogP contribution is -2.39. The van der Waals surface area contributed by atoms with Crippen molar-refractivity contribution in [1.82, 2.24) is 10.2 Å². The van der Waals surface area contributed by atoms with Crippen LogP contribution in [-0.2, 0) is 4.79 Å². The molecule has 2 aliphatic heterocycles. The summed E-state index contributed by atoms with van der Waals surface area (Å²) in [5.74, 6) is 1.21. The van der Waals surface area contributed by atoms with Crippen LogP contribution in [0.3, 0.4) is 0 Å². The quantitative estimate of drug-likeness (QED) is 0.703. The summed E-state index contributed by atoms with van der Waals surface area (Å²) in [7, 11) is 0. The van der Waals surface area contributed by atoms with Gasteiger partial charge in [0.2, 0.25) is 5.91 Å². The average molecular weight is 194 g/mol. The molecule has 1 saturated carbocycles. The standard InChI is InChI=1S/C11H18N2O/c14-11-5-9-3-4-10(6-12-11)13(9)7-8-1-2-8/h8-10H,1-7H2,(H,12,14)/t9-,10-/m1/s1. The molecule has 2 bridgehead atoms. The lowest BCUT2D eigenvalue weighted by Gasteiger charge is -2.26. The molecule has 3 aliphatic rings. The first kappa shape index (κ1) is 8.72. The molecule has 0 aromatic carbocycles. The van der Waals surface area contributed by atoms with E-state index in [1.54, 1.807) is 0 Å². The summed E-state index contributed by atoms with van der Waals surface area (Å²) < 4.78 is 0. The predicted octanol–water partition coefficient (Wildman–Crippen LogP) is 0.749. The summed E-state index contributed by atoms with van der Waals surface area (Å²) >= 11 is 0. The van der Waals surface area contributed by atoms with E-state index in [-0.39, 0.29) is 5.91 Å². The molecule has 2 saturated heterocycles. The van der Waals surface area contributed by atoms with Gasteiger partial charge in [0.05, 0.1) is 0 Å². The van der Waals surface area contributed by atoms with Crippen molar-refractivity contribution >= 4 is 5.91 Å². The molecule has 3 rings (SSSR count). The second-order valence-electron chi connectivity index (χ2n) is 5.03. The van der Waals surface area contributed by atoms with Crippen molar-refractivity contribution in [2.24, 2.45) is 5.92 Å². The van der Waals surface area contributed by atoms with Crippen LogP contribution in [0.25, 0.3) is 0 Å². The van der Waals surface area contributed by atoms with Gasteiger partial charge in [-0.2, -0.15) is 0 Å². The van der Waals surface area contributed by atoms with E-state index in [0.717, 1.165) is 18.9 Å². The fraction of sp³-hybridized carbons (Fsp3) is 0.909. The fourth-order valence-electron chi connectivity index (χ4n) is 2.87. The summed E-state index contributed by atoms with van der Waals surface area (Å²) in [6, 6.07) is 1.20.